The number of hydrogen-bond acceptors (Lipinski definition) is 4. The number of aryl methyl sites for hydroxylation is 1. The first-order valence-corrected chi connectivity index (χ1v) is 6.09. The van der Waals surface area contributed by atoms with Crippen LogP contribution in [0.25, 0.3) is 0 Å². The van der Waals surface area contributed by atoms with Crippen molar-refractivity contribution in [3.8, 4) is 0 Å². The van der Waals surface area contributed by atoms with Crippen LogP contribution < -0.4 is 4.90 Å². The quantitative estimate of drug-likeness (QED) is 0.631. The maximum absolute atomic E-state index is 11.1. The highest BCUT2D eigenvalue weighted by Crippen LogP contribution is 2.29. The molecule has 0 aliphatic rings. The van der Waals surface area contributed by atoms with E-state index < -0.39 is 16.8 Å². The maximum atomic E-state index is 11.1. The molecule has 0 fully saturated rings. The molecule has 104 valence electrons. The monoisotopic (exact) mass is 266 g/mol. The van der Waals surface area contributed by atoms with E-state index in [-0.39, 0.29) is 12.2 Å². The predicted molar refractivity (Wildman–Crippen MR) is 72.5 cm³/mol. The number of rotatable bonds is 6. The molecule has 0 radical (unpaired) electrons. The average molecular weight is 266 g/mol. The molecule has 1 atom stereocenters. The molecule has 0 heterocycles. The molecule has 0 saturated carbocycles. The minimum atomic E-state index is -0.909. The third-order valence-corrected chi connectivity index (χ3v) is 2.97. The van der Waals surface area contributed by atoms with Gasteiger partial charge in [-0.2, -0.15) is 0 Å². The Balaban J connectivity index is 3.11. The van der Waals surface area contributed by atoms with Gasteiger partial charge in [0, 0.05) is 19.2 Å². The van der Waals surface area contributed by atoms with Crippen LogP contribution in [0.3, 0.4) is 0 Å². The van der Waals surface area contributed by atoms with E-state index >= 15 is 0 Å². The lowest BCUT2D eigenvalue weighted by atomic mass is 10.1. The molecular weight excluding hydrogens is 248 g/mol. The lowest BCUT2D eigenvalue weighted by molar-refractivity contribution is -0.384. The first-order chi connectivity index (χ1) is 8.86. The summed E-state index contributed by atoms with van der Waals surface area (Å²) < 4.78 is 0. The van der Waals surface area contributed by atoms with Crippen LogP contribution >= 0.6 is 0 Å². The number of nitro benzene ring substituents is 1. The van der Waals surface area contributed by atoms with Crippen LogP contribution in [-0.2, 0) is 4.79 Å². The third kappa shape index (κ3) is 3.67. The molecule has 0 spiro atoms. The average Bonchev–Trinajstić information content (AvgIpc) is 2.35. The number of hydrogen-bond donors (Lipinski definition) is 1. The summed E-state index contributed by atoms with van der Waals surface area (Å²) >= 11 is 0. The van der Waals surface area contributed by atoms with Gasteiger partial charge in [0.05, 0.1) is 10.8 Å². The van der Waals surface area contributed by atoms with Gasteiger partial charge in [-0.15, -0.1) is 0 Å². The normalized spacial score (nSPS) is 11.9. The lowest BCUT2D eigenvalue weighted by Gasteiger charge is -2.24. The molecule has 0 aliphatic carbocycles. The SMILES string of the molecule is CCN(CC(C)C(=O)O)c1ccc(C)cc1[N+](=O)[O-]. The molecule has 0 bridgehead atoms. The van der Waals surface area contributed by atoms with E-state index in [2.05, 4.69) is 0 Å². The summed E-state index contributed by atoms with van der Waals surface area (Å²) in [5.74, 6) is -1.49. The summed E-state index contributed by atoms with van der Waals surface area (Å²) in [6.45, 7) is 5.98. The Kier molecular flexibility index (Phi) is 4.86. The summed E-state index contributed by atoms with van der Waals surface area (Å²) in [6.07, 6.45) is 0. The van der Waals surface area contributed by atoms with E-state index in [9.17, 15) is 14.9 Å². The summed E-state index contributed by atoms with van der Waals surface area (Å²) in [5.41, 5.74) is 1.28. The number of carboxylic acid groups (broad SMARTS) is 1. The zero-order valence-electron chi connectivity index (χ0n) is 11.3. The second kappa shape index (κ2) is 6.17. The fourth-order valence-corrected chi connectivity index (χ4v) is 1.85. The van der Waals surface area contributed by atoms with Crippen molar-refractivity contribution in [1.82, 2.24) is 0 Å². The summed E-state index contributed by atoms with van der Waals surface area (Å²) in [7, 11) is 0. The molecule has 0 saturated heterocycles. The highest BCUT2D eigenvalue weighted by molar-refractivity contribution is 5.71. The van der Waals surface area contributed by atoms with Gasteiger partial charge in [0.25, 0.3) is 5.69 Å². The Morgan fingerprint density at radius 3 is 2.63 bits per heavy atom. The smallest absolute Gasteiger partial charge is 0.308 e. The zero-order chi connectivity index (χ0) is 14.6. The van der Waals surface area contributed by atoms with Crippen molar-refractivity contribution in [3.05, 3.63) is 33.9 Å². The van der Waals surface area contributed by atoms with Gasteiger partial charge in [-0.05, 0) is 25.5 Å². The number of nitrogens with zero attached hydrogens (tertiary/aromatic N) is 2. The van der Waals surface area contributed by atoms with Gasteiger partial charge >= 0.3 is 5.97 Å². The predicted octanol–water partition coefficient (Wildman–Crippen LogP) is 2.45. The molecule has 1 aromatic rings. The van der Waals surface area contributed by atoms with Crippen LogP contribution in [0.1, 0.15) is 19.4 Å². The highest BCUT2D eigenvalue weighted by atomic mass is 16.6. The second-order valence-electron chi connectivity index (χ2n) is 4.53. The molecule has 1 unspecified atom stereocenters. The second-order valence-corrected chi connectivity index (χ2v) is 4.53. The molecular formula is C13H18N2O4. The summed E-state index contributed by atoms with van der Waals surface area (Å²) in [4.78, 5) is 23.3. The van der Waals surface area contributed by atoms with Crippen molar-refractivity contribution in [2.24, 2.45) is 5.92 Å². The van der Waals surface area contributed by atoms with Gasteiger partial charge < -0.3 is 10.0 Å². The Bertz CT molecular complexity index is 488. The van der Waals surface area contributed by atoms with E-state index in [1.54, 1.807) is 30.9 Å². The van der Waals surface area contributed by atoms with Crippen molar-refractivity contribution in [2.45, 2.75) is 20.8 Å². The topological polar surface area (TPSA) is 83.7 Å². The van der Waals surface area contributed by atoms with Gasteiger partial charge in [0.15, 0.2) is 0 Å². The van der Waals surface area contributed by atoms with Crippen molar-refractivity contribution in [1.29, 1.82) is 0 Å². The fourth-order valence-electron chi connectivity index (χ4n) is 1.85. The third-order valence-electron chi connectivity index (χ3n) is 2.97. The molecule has 6 heteroatoms. The van der Waals surface area contributed by atoms with Crippen molar-refractivity contribution in [3.63, 3.8) is 0 Å². The lowest BCUT2D eigenvalue weighted by Crippen LogP contribution is -2.32. The molecule has 19 heavy (non-hydrogen) atoms. The minimum absolute atomic E-state index is 0.0134. The molecule has 1 N–H and O–H groups in total. The van der Waals surface area contributed by atoms with Gasteiger partial charge in [0.1, 0.15) is 5.69 Å². The first-order valence-electron chi connectivity index (χ1n) is 6.09. The van der Waals surface area contributed by atoms with E-state index in [1.807, 2.05) is 6.92 Å². The van der Waals surface area contributed by atoms with E-state index in [0.717, 1.165) is 5.56 Å². The van der Waals surface area contributed by atoms with Gasteiger partial charge in [0.2, 0.25) is 0 Å². The fraction of sp³-hybridized carbons (Fsp3) is 0.462. The minimum Gasteiger partial charge on any atom is -0.481 e. The molecule has 0 aliphatic heterocycles. The van der Waals surface area contributed by atoms with Crippen LogP contribution in [0.2, 0.25) is 0 Å². The van der Waals surface area contributed by atoms with Gasteiger partial charge in [-0.3, -0.25) is 14.9 Å². The Labute approximate surface area is 111 Å². The number of aliphatic carboxylic acids is 1. The first kappa shape index (κ1) is 14.9. The molecule has 0 aromatic heterocycles. The van der Waals surface area contributed by atoms with Crippen LogP contribution in [0, 0.1) is 23.0 Å². The number of carboxylic acids is 1. The Morgan fingerprint density at radius 2 is 2.16 bits per heavy atom. The van der Waals surface area contributed by atoms with Gasteiger partial charge in [-0.1, -0.05) is 13.0 Å². The molecule has 0 amide bonds. The van der Waals surface area contributed by atoms with Crippen molar-refractivity contribution in [2.75, 3.05) is 18.0 Å². The highest BCUT2D eigenvalue weighted by Gasteiger charge is 2.22. The van der Waals surface area contributed by atoms with E-state index in [0.29, 0.717) is 12.2 Å². The molecule has 6 nitrogen and oxygen atoms in total. The van der Waals surface area contributed by atoms with Crippen LogP contribution in [0.5, 0.6) is 0 Å². The maximum Gasteiger partial charge on any atom is 0.308 e. The van der Waals surface area contributed by atoms with Crippen LogP contribution in [0.15, 0.2) is 18.2 Å². The standard InChI is InChI=1S/C13H18N2O4/c1-4-14(8-10(3)13(16)17)11-6-5-9(2)7-12(11)15(18)19/h5-7,10H,4,8H2,1-3H3,(H,16,17). The van der Waals surface area contributed by atoms with Crippen LogP contribution in [0.4, 0.5) is 11.4 Å². The van der Waals surface area contributed by atoms with Gasteiger partial charge in [-0.25, -0.2) is 0 Å². The number of nitro groups is 1. The number of benzene rings is 1. The van der Waals surface area contributed by atoms with Crippen molar-refractivity contribution >= 4 is 17.3 Å². The van der Waals surface area contributed by atoms with E-state index in [4.69, 9.17) is 5.11 Å². The molecule has 1 rings (SSSR count). The largest absolute Gasteiger partial charge is 0.481 e. The zero-order valence-corrected chi connectivity index (χ0v) is 11.3. The number of anilines is 1. The summed E-state index contributed by atoms with van der Waals surface area (Å²) in [5, 5.41) is 20.0. The van der Waals surface area contributed by atoms with E-state index in [1.165, 1.54) is 6.07 Å². The number of carbonyl (C=O) groups is 1. The summed E-state index contributed by atoms with van der Waals surface area (Å²) in [6, 6.07) is 4.96. The Morgan fingerprint density at radius 1 is 1.53 bits per heavy atom. The van der Waals surface area contributed by atoms with Crippen LogP contribution in [-0.4, -0.2) is 29.1 Å². The molecule has 1 aromatic carbocycles. The van der Waals surface area contributed by atoms with Crippen molar-refractivity contribution < 1.29 is 14.8 Å². The Hall–Kier alpha value is -2.11.